The molecule has 0 radical (unpaired) electrons. The Morgan fingerprint density at radius 3 is 2.34 bits per heavy atom. The number of benzene rings is 3. The summed E-state index contributed by atoms with van der Waals surface area (Å²) in [5.74, 6) is -0.350. The molecule has 0 bridgehead atoms. The number of aromatic nitrogens is 2. The van der Waals surface area contributed by atoms with Crippen molar-refractivity contribution in [3.8, 4) is 22.5 Å². The fraction of sp³-hybridized carbons (Fsp3) is 0.120. The molecule has 0 fully saturated rings. The Kier molecular flexibility index (Phi) is 6.36. The number of hydrogen-bond donors (Lipinski definition) is 1. The van der Waals surface area contributed by atoms with E-state index in [4.69, 9.17) is 9.26 Å². The van der Waals surface area contributed by atoms with Crippen LogP contribution in [-0.2, 0) is 16.1 Å². The molecule has 0 saturated carbocycles. The highest BCUT2D eigenvalue weighted by Gasteiger charge is 2.14. The lowest BCUT2D eigenvalue weighted by Gasteiger charge is -2.06. The highest BCUT2D eigenvalue weighted by Crippen LogP contribution is 2.20. The molecule has 0 aliphatic heterocycles. The molecule has 0 spiro atoms. The molecule has 0 aliphatic rings. The number of nitrogens with zero attached hydrogens (tertiary/aromatic N) is 2. The Balaban J connectivity index is 1.26. The Morgan fingerprint density at radius 1 is 0.906 bits per heavy atom. The van der Waals surface area contributed by atoms with E-state index in [0.29, 0.717) is 11.4 Å². The summed E-state index contributed by atoms with van der Waals surface area (Å²) in [6.07, 6.45) is 0. The van der Waals surface area contributed by atoms with Crippen molar-refractivity contribution >= 4 is 11.9 Å². The third-order valence-corrected chi connectivity index (χ3v) is 4.86. The van der Waals surface area contributed by atoms with Gasteiger partial charge in [-0.1, -0.05) is 71.9 Å². The normalized spacial score (nSPS) is 10.5. The van der Waals surface area contributed by atoms with Crippen LogP contribution in [0.3, 0.4) is 0 Å². The van der Waals surface area contributed by atoms with Crippen molar-refractivity contribution in [3.63, 3.8) is 0 Å². The van der Waals surface area contributed by atoms with Crippen LogP contribution in [0, 0.1) is 6.92 Å². The molecule has 0 atom stereocenters. The second-order valence-corrected chi connectivity index (χ2v) is 7.11. The number of amides is 1. The third kappa shape index (κ3) is 5.07. The maximum Gasteiger partial charge on any atom is 0.325 e. The quantitative estimate of drug-likeness (QED) is 0.445. The molecular weight excluding hydrogens is 406 g/mol. The van der Waals surface area contributed by atoms with Gasteiger partial charge in [0.1, 0.15) is 6.54 Å². The van der Waals surface area contributed by atoms with Gasteiger partial charge in [-0.05, 0) is 35.7 Å². The van der Waals surface area contributed by atoms with Crippen molar-refractivity contribution in [3.05, 3.63) is 95.9 Å². The fourth-order valence-corrected chi connectivity index (χ4v) is 3.14. The molecule has 4 rings (SSSR count). The minimum absolute atomic E-state index is 0.167. The first-order chi connectivity index (χ1) is 15.6. The minimum atomic E-state index is -0.602. The van der Waals surface area contributed by atoms with Gasteiger partial charge in [0.15, 0.2) is 6.61 Å². The molecule has 1 aromatic heterocycles. The topological polar surface area (TPSA) is 94.3 Å². The zero-order valence-corrected chi connectivity index (χ0v) is 17.4. The molecule has 0 aliphatic carbocycles. The average molecular weight is 427 g/mol. The van der Waals surface area contributed by atoms with Crippen LogP contribution in [0.5, 0.6) is 0 Å². The lowest BCUT2D eigenvalue weighted by molar-refractivity contribution is -0.144. The predicted molar refractivity (Wildman–Crippen MR) is 118 cm³/mol. The number of aryl methyl sites for hydroxylation is 1. The zero-order chi connectivity index (χ0) is 22.3. The average Bonchev–Trinajstić information content (AvgIpc) is 3.31. The van der Waals surface area contributed by atoms with E-state index in [1.54, 1.807) is 12.1 Å². The number of rotatable bonds is 7. The maximum absolute atomic E-state index is 12.3. The van der Waals surface area contributed by atoms with E-state index < -0.39 is 5.97 Å². The number of nitrogens with one attached hydrogen (secondary N) is 1. The largest absolute Gasteiger partial charge is 0.454 e. The van der Waals surface area contributed by atoms with Crippen molar-refractivity contribution in [2.24, 2.45) is 0 Å². The van der Waals surface area contributed by atoms with Crippen LogP contribution in [0.25, 0.3) is 22.5 Å². The summed E-state index contributed by atoms with van der Waals surface area (Å²) in [5.41, 5.74) is 4.38. The second kappa shape index (κ2) is 9.70. The van der Waals surface area contributed by atoms with Gasteiger partial charge in [0.25, 0.3) is 11.8 Å². The Bertz CT molecular complexity index is 1220. The summed E-state index contributed by atoms with van der Waals surface area (Å²) in [6, 6.07) is 24.7. The van der Waals surface area contributed by atoms with E-state index in [1.165, 1.54) is 0 Å². The molecule has 4 aromatic rings. The summed E-state index contributed by atoms with van der Waals surface area (Å²) in [4.78, 5) is 28.5. The van der Waals surface area contributed by atoms with Crippen LogP contribution in [0.1, 0.15) is 21.8 Å². The van der Waals surface area contributed by atoms with Crippen molar-refractivity contribution < 1.29 is 18.8 Å². The molecule has 7 heteroatoms. The van der Waals surface area contributed by atoms with E-state index >= 15 is 0 Å². The Morgan fingerprint density at radius 2 is 1.59 bits per heavy atom. The summed E-state index contributed by atoms with van der Waals surface area (Å²) in [6.45, 7) is 1.51. The maximum atomic E-state index is 12.3. The smallest absolute Gasteiger partial charge is 0.325 e. The predicted octanol–water partition coefficient (Wildman–Crippen LogP) is 4.19. The first kappa shape index (κ1) is 21.0. The van der Waals surface area contributed by atoms with Crippen LogP contribution in [0.4, 0.5) is 0 Å². The molecule has 0 saturated heterocycles. The first-order valence-electron chi connectivity index (χ1n) is 10.1. The molecular formula is C25H21N3O4. The molecule has 0 unspecified atom stereocenters. The van der Waals surface area contributed by atoms with Gasteiger partial charge in [-0.25, -0.2) is 0 Å². The number of esters is 1. The molecule has 160 valence electrons. The van der Waals surface area contributed by atoms with Crippen molar-refractivity contribution in [2.45, 2.75) is 13.5 Å². The van der Waals surface area contributed by atoms with Gasteiger partial charge in [0, 0.05) is 11.1 Å². The minimum Gasteiger partial charge on any atom is -0.454 e. The Labute approximate surface area is 185 Å². The Hall–Kier alpha value is -4.26. The van der Waals surface area contributed by atoms with E-state index in [0.717, 1.165) is 22.3 Å². The number of ether oxygens (including phenoxy) is 1. The van der Waals surface area contributed by atoms with Gasteiger partial charge in [0.05, 0.1) is 0 Å². The van der Waals surface area contributed by atoms with Gasteiger partial charge in [0.2, 0.25) is 5.82 Å². The van der Waals surface area contributed by atoms with Gasteiger partial charge in [-0.2, -0.15) is 4.98 Å². The van der Waals surface area contributed by atoms with Gasteiger partial charge in [-0.3, -0.25) is 9.59 Å². The van der Waals surface area contributed by atoms with Crippen LogP contribution >= 0.6 is 0 Å². The monoisotopic (exact) mass is 427 g/mol. The van der Waals surface area contributed by atoms with Crippen LogP contribution < -0.4 is 5.32 Å². The van der Waals surface area contributed by atoms with Crippen LogP contribution in [0.2, 0.25) is 0 Å². The molecule has 7 nitrogen and oxygen atoms in total. The molecule has 1 amide bonds. The number of carbonyl (C=O) groups excluding carboxylic acids is 2. The fourth-order valence-electron chi connectivity index (χ4n) is 3.14. The summed E-state index contributed by atoms with van der Waals surface area (Å²) in [7, 11) is 0. The van der Waals surface area contributed by atoms with Crippen LogP contribution in [-0.4, -0.2) is 28.6 Å². The van der Waals surface area contributed by atoms with Crippen molar-refractivity contribution in [1.82, 2.24) is 15.5 Å². The second-order valence-electron chi connectivity index (χ2n) is 7.11. The number of carbonyl (C=O) groups is 2. The van der Waals surface area contributed by atoms with Gasteiger partial charge >= 0.3 is 5.97 Å². The molecule has 3 aromatic carbocycles. The molecule has 1 heterocycles. The standard InChI is InChI=1S/C25H21N3O4/c1-17-7-5-6-10-21(17)24-27-22(32-28-24)16-31-23(29)15-26-25(30)20-13-11-19(12-14-20)18-8-3-2-4-9-18/h2-14H,15-16H2,1H3,(H,26,30). The highest BCUT2D eigenvalue weighted by molar-refractivity contribution is 5.96. The lowest BCUT2D eigenvalue weighted by Crippen LogP contribution is -2.30. The highest BCUT2D eigenvalue weighted by atomic mass is 16.6. The van der Waals surface area contributed by atoms with Crippen LogP contribution in [0.15, 0.2) is 83.4 Å². The van der Waals surface area contributed by atoms with Gasteiger partial charge < -0.3 is 14.6 Å². The van der Waals surface area contributed by atoms with E-state index in [-0.39, 0.29) is 24.9 Å². The van der Waals surface area contributed by atoms with E-state index in [9.17, 15) is 9.59 Å². The van der Waals surface area contributed by atoms with E-state index in [2.05, 4.69) is 15.5 Å². The SMILES string of the molecule is Cc1ccccc1-c1noc(COC(=O)CNC(=O)c2ccc(-c3ccccc3)cc2)n1. The third-order valence-electron chi connectivity index (χ3n) is 4.86. The summed E-state index contributed by atoms with van der Waals surface area (Å²) in [5, 5.41) is 6.47. The van der Waals surface area contributed by atoms with Gasteiger partial charge in [-0.15, -0.1) is 0 Å². The van der Waals surface area contributed by atoms with Crippen molar-refractivity contribution in [2.75, 3.05) is 6.54 Å². The lowest BCUT2D eigenvalue weighted by atomic mass is 10.0. The first-order valence-corrected chi connectivity index (χ1v) is 10.1. The molecule has 32 heavy (non-hydrogen) atoms. The summed E-state index contributed by atoms with van der Waals surface area (Å²) < 4.78 is 10.3. The summed E-state index contributed by atoms with van der Waals surface area (Å²) >= 11 is 0. The molecule has 1 N–H and O–H groups in total. The van der Waals surface area contributed by atoms with E-state index in [1.807, 2.05) is 73.7 Å². The van der Waals surface area contributed by atoms with Crippen molar-refractivity contribution in [1.29, 1.82) is 0 Å². The zero-order valence-electron chi connectivity index (χ0n) is 17.4. The number of hydrogen-bond acceptors (Lipinski definition) is 6.